The summed E-state index contributed by atoms with van der Waals surface area (Å²) in [5, 5.41) is 6.00. The van der Waals surface area contributed by atoms with Crippen LogP contribution in [0.1, 0.15) is 24.6 Å². The predicted octanol–water partition coefficient (Wildman–Crippen LogP) is 5.15. The minimum atomic E-state index is 0.562. The van der Waals surface area contributed by atoms with E-state index in [0.717, 1.165) is 5.01 Å². The molecule has 0 bridgehead atoms. The second kappa shape index (κ2) is 4.24. The molecule has 3 heteroatoms. The number of thiophene rings is 1. The molecule has 2 heterocycles. The van der Waals surface area contributed by atoms with Gasteiger partial charge in [0, 0.05) is 16.5 Å². The molecule has 0 unspecified atom stereocenters. The second-order valence-corrected chi connectivity index (χ2v) is 6.32. The van der Waals surface area contributed by atoms with E-state index < -0.39 is 0 Å². The molecule has 3 aromatic rings. The molecule has 0 atom stereocenters. The second-order valence-electron chi connectivity index (χ2n) is 4.37. The average Bonchev–Trinajstić information content (AvgIpc) is 2.95. The van der Waals surface area contributed by atoms with Crippen LogP contribution in [0.2, 0.25) is 0 Å². The number of nitrogens with zero attached hydrogens (tertiary/aromatic N) is 1. The quantitative estimate of drug-likeness (QED) is 0.620. The van der Waals surface area contributed by atoms with Crippen LogP contribution in [0.5, 0.6) is 0 Å². The molecule has 0 N–H and O–H groups in total. The van der Waals surface area contributed by atoms with Crippen molar-refractivity contribution in [2.45, 2.75) is 19.8 Å². The van der Waals surface area contributed by atoms with Gasteiger partial charge in [-0.15, -0.1) is 22.7 Å². The summed E-state index contributed by atoms with van der Waals surface area (Å²) < 4.78 is 0. The maximum Gasteiger partial charge on any atom is 0.134 e. The normalized spacial score (nSPS) is 11.5. The van der Waals surface area contributed by atoms with Crippen LogP contribution in [0.4, 0.5) is 0 Å². The van der Waals surface area contributed by atoms with Crippen LogP contribution in [0.3, 0.4) is 0 Å². The highest BCUT2D eigenvalue weighted by Crippen LogP contribution is 2.38. The van der Waals surface area contributed by atoms with Crippen molar-refractivity contribution < 1.29 is 0 Å². The first kappa shape index (κ1) is 10.9. The van der Waals surface area contributed by atoms with E-state index >= 15 is 0 Å². The van der Waals surface area contributed by atoms with Crippen molar-refractivity contribution in [2.75, 3.05) is 0 Å². The summed E-state index contributed by atoms with van der Waals surface area (Å²) in [6.45, 7) is 4.42. The predicted molar refractivity (Wildman–Crippen MR) is 77.0 cm³/mol. The van der Waals surface area contributed by atoms with Crippen molar-refractivity contribution in [1.82, 2.24) is 4.98 Å². The van der Waals surface area contributed by atoms with Crippen LogP contribution < -0.4 is 0 Å². The zero-order chi connectivity index (χ0) is 11.8. The van der Waals surface area contributed by atoms with Crippen LogP contribution in [0.15, 0.2) is 35.8 Å². The fourth-order valence-corrected chi connectivity index (χ4v) is 3.88. The largest absolute Gasteiger partial charge is 0.243 e. The molecule has 2 aromatic heterocycles. The number of rotatable bonds is 2. The van der Waals surface area contributed by atoms with E-state index in [1.54, 1.807) is 11.3 Å². The molecule has 3 rings (SSSR count). The Bertz CT molecular complexity index is 649. The molecular weight excluding hydrogens is 246 g/mol. The lowest BCUT2D eigenvalue weighted by molar-refractivity contribution is 0.885. The Balaban J connectivity index is 2.14. The molecule has 0 aliphatic rings. The summed E-state index contributed by atoms with van der Waals surface area (Å²) in [5.41, 5.74) is 0. The number of thiazole rings is 1. The lowest BCUT2D eigenvalue weighted by Crippen LogP contribution is -1.77. The van der Waals surface area contributed by atoms with Gasteiger partial charge in [0.05, 0.1) is 4.88 Å². The third-order valence-corrected chi connectivity index (χ3v) is 5.26. The highest BCUT2D eigenvalue weighted by atomic mass is 32.1. The Morgan fingerprint density at radius 3 is 2.76 bits per heavy atom. The first-order valence-corrected chi connectivity index (χ1v) is 7.37. The maximum absolute atomic E-state index is 4.56. The average molecular weight is 259 g/mol. The Kier molecular flexibility index (Phi) is 2.73. The summed E-state index contributed by atoms with van der Waals surface area (Å²) in [6, 6.07) is 8.51. The highest BCUT2D eigenvalue weighted by molar-refractivity contribution is 7.22. The number of hydrogen-bond donors (Lipinski definition) is 0. The van der Waals surface area contributed by atoms with Crippen LogP contribution in [0.25, 0.3) is 20.7 Å². The van der Waals surface area contributed by atoms with Crippen LogP contribution in [-0.2, 0) is 0 Å². The van der Waals surface area contributed by atoms with E-state index in [0.29, 0.717) is 5.92 Å². The summed E-state index contributed by atoms with van der Waals surface area (Å²) in [7, 11) is 0. The van der Waals surface area contributed by atoms with E-state index in [-0.39, 0.29) is 0 Å². The van der Waals surface area contributed by atoms with Gasteiger partial charge in [-0.3, -0.25) is 0 Å². The van der Waals surface area contributed by atoms with Crippen LogP contribution in [-0.4, -0.2) is 4.98 Å². The zero-order valence-corrected chi connectivity index (χ0v) is 11.4. The molecule has 86 valence electrons. The van der Waals surface area contributed by atoms with Crippen molar-refractivity contribution in [2.24, 2.45) is 0 Å². The molecule has 1 aromatic carbocycles. The molecule has 0 aliphatic carbocycles. The molecule has 0 aliphatic heterocycles. The molecule has 0 radical (unpaired) electrons. The molecular formula is C14H13NS2. The monoisotopic (exact) mass is 259 g/mol. The zero-order valence-electron chi connectivity index (χ0n) is 9.81. The van der Waals surface area contributed by atoms with Gasteiger partial charge < -0.3 is 0 Å². The van der Waals surface area contributed by atoms with E-state index in [1.807, 2.05) is 17.5 Å². The Hall–Kier alpha value is -1.19. The fraction of sp³-hybridized carbons (Fsp3) is 0.214. The lowest BCUT2D eigenvalue weighted by atomic mass is 10.2. The van der Waals surface area contributed by atoms with E-state index in [1.165, 1.54) is 20.5 Å². The van der Waals surface area contributed by atoms with E-state index in [4.69, 9.17) is 0 Å². The highest BCUT2D eigenvalue weighted by Gasteiger charge is 2.11. The van der Waals surface area contributed by atoms with Crippen molar-refractivity contribution in [3.05, 3.63) is 40.7 Å². The topological polar surface area (TPSA) is 12.9 Å². The van der Waals surface area contributed by atoms with E-state index in [9.17, 15) is 0 Å². The maximum atomic E-state index is 4.56. The molecule has 0 fully saturated rings. The fourth-order valence-electron chi connectivity index (χ4n) is 1.82. The lowest BCUT2D eigenvalue weighted by Gasteiger charge is -1.96. The van der Waals surface area contributed by atoms with E-state index in [2.05, 4.69) is 48.5 Å². The number of aromatic nitrogens is 1. The molecule has 0 amide bonds. The number of benzene rings is 1. The Morgan fingerprint density at radius 2 is 2.00 bits per heavy atom. The van der Waals surface area contributed by atoms with Crippen LogP contribution in [0, 0.1) is 0 Å². The van der Waals surface area contributed by atoms with Gasteiger partial charge in [-0.1, -0.05) is 38.1 Å². The minimum absolute atomic E-state index is 0.562. The smallest absolute Gasteiger partial charge is 0.134 e. The summed E-state index contributed by atoms with van der Waals surface area (Å²) in [5.74, 6) is 0.562. The first-order chi connectivity index (χ1) is 8.25. The third kappa shape index (κ3) is 1.90. The van der Waals surface area contributed by atoms with Gasteiger partial charge in [-0.25, -0.2) is 4.98 Å². The Morgan fingerprint density at radius 1 is 1.18 bits per heavy atom. The van der Waals surface area contributed by atoms with Gasteiger partial charge in [0.15, 0.2) is 0 Å². The molecule has 17 heavy (non-hydrogen) atoms. The van der Waals surface area contributed by atoms with Gasteiger partial charge in [0.25, 0.3) is 0 Å². The summed E-state index contributed by atoms with van der Waals surface area (Å²) in [4.78, 5) is 7.22. The van der Waals surface area contributed by atoms with Gasteiger partial charge in [0.2, 0.25) is 0 Å². The van der Waals surface area contributed by atoms with Crippen molar-refractivity contribution in [3.63, 3.8) is 0 Å². The standard InChI is InChI=1S/C14H13NS2/c1-9(2)12-7-15-14(17-12)13-11-6-4-3-5-10(11)8-16-13/h3-9H,1-2H3. The van der Waals surface area contributed by atoms with Crippen molar-refractivity contribution >= 4 is 33.4 Å². The van der Waals surface area contributed by atoms with Gasteiger partial charge in [-0.05, 0) is 16.7 Å². The molecule has 0 spiro atoms. The summed E-state index contributed by atoms with van der Waals surface area (Å²) in [6.07, 6.45) is 2.01. The van der Waals surface area contributed by atoms with Crippen molar-refractivity contribution in [3.8, 4) is 9.88 Å². The van der Waals surface area contributed by atoms with Gasteiger partial charge in [-0.2, -0.15) is 0 Å². The number of fused-ring (bicyclic) bond motifs is 1. The SMILES string of the molecule is CC(C)c1cnc(-c2scc3ccccc23)s1. The minimum Gasteiger partial charge on any atom is -0.243 e. The molecule has 0 saturated heterocycles. The summed E-state index contributed by atoms with van der Waals surface area (Å²) >= 11 is 3.60. The Labute approximate surface area is 109 Å². The number of hydrogen-bond acceptors (Lipinski definition) is 3. The molecule has 1 nitrogen and oxygen atoms in total. The third-order valence-electron chi connectivity index (χ3n) is 2.80. The first-order valence-electron chi connectivity index (χ1n) is 5.68. The molecule has 0 saturated carbocycles. The van der Waals surface area contributed by atoms with Crippen LogP contribution >= 0.6 is 22.7 Å². The van der Waals surface area contributed by atoms with Gasteiger partial charge in [0.1, 0.15) is 5.01 Å². The van der Waals surface area contributed by atoms with Gasteiger partial charge >= 0.3 is 0 Å². The van der Waals surface area contributed by atoms with Crippen molar-refractivity contribution in [1.29, 1.82) is 0 Å².